The normalized spacial score (nSPS) is 18.2. The summed E-state index contributed by atoms with van der Waals surface area (Å²) in [6, 6.07) is 3.88. The molecule has 1 amide bonds. The number of morpholine rings is 1. The number of nitrogens with one attached hydrogen (secondary N) is 1. The first-order valence-electron chi connectivity index (χ1n) is 7.24. The molecule has 7 nitrogen and oxygen atoms in total. The van der Waals surface area contributed by atoms with E-state index >= 15 is 0 Å². The number of imidazole rings is 1. The molecule has 1 atom stereocenters. The molecular formula is C15H19N5O2. The van der Waals surface area contributed by atoms with E-state index in [2.05, 4.69) is 20.2 Å². The van der Waals surface area contributed by atoms with Gasteiger partial charge in [0.15, 0.2) is 6.10 Å². The highest BCUT2D eigenvalue weighted by Gasteiger charge is 2.26. The number of carbonyl (C=O) groups excluding carboxylic acids is 1. The largest absolute Gasteiger partial charge is 0.366 e. The van der Waals surface area contributed by atoms with Crippen molar-refractivity contribution in [3.05, 3.63) is 42.7 Å². The predicted octanol–water partition coefficient (Wildman–Crippen LogP) is 0.337. The van der Waals surface area contributed by atoms with Crippen LogP contribution in [0.4, 0.5) is 5.69 Å². The van der Waals surface area contributed by atoms with Gasteiger partial charge in [0.05, 0.1) is 19.7 Å². The summed E-state index contributed by atoms with van der Waals surface area (Å²) in [5.74, 6) is 0.705. The Hall–Kier alpha value is -2.41. The quantitative estimate of drug-likeness (QED) is 0.881. The molecule has 0 saturated carbocycles. The molecule has 1 aliphatic heterocycles. The van der Waals surface area contributed by atoms with Crippen molar-refractivity contribution in [1.29, 1.82) is 0 Å². The molecule has 0 unspecified atom stereocenters. The number of carbonyl (C=O) groups is 1. The number of pyridine rings is 1. The third kappa shape index (κ3) is 3.25. The third-order valence-corrected chi connectivity index (χ3v) is 3.73. The Morgan fingerprint density at radius 2 is 2.23 bits per heavy atom. The summed E-state index contributed by atoms with van der Waals surface area (Å²) in [5, 5.41) is 2.88. The highest BCUT2D eigenvalue weighted by Crippen LogP contribution is 2.16. The Morgan fingerprint density at radius 3 is 2.95 bits per heavy atom. The van der Waals surface area contributed by atoms with Crippen LogP contribution in [0.25, 0.3) is 0 Å². The Morgan fingerprint density at radius 1 is 1.41 bits per heavy atom. The first-order valence-corrected chi connectivity index (χ1v) is 7.24. The van der Waals surface area contributed by atoms with Crippen molar-refractivity contribution in [2.75, 3.05) is 24.6 Å². The van der Waals surface area contributed by atoms with Gasteiger partial charge in [-0.25, -0.2) is 4.98 Å². The van der Waals surface area contributed by atoms with Gasteiger partial charge in [-0.1, -0.05) is 0 Å². The lowest BCUT2D eigenvalue weighted by atomic mass is 10.2. The first-order chi connectivity index (χ1) is 10.7. The van der Waals surface area contributed by atoms with Crippen LogP contribution in [0.15, 0.2) is 36.9 Å². The molecule has 0 bridgehead atoms. The molecule has 116 valence electrons. The molecule has 0 aliphatic carbocycles. The van der Waals surface area contributed by atoms with E-state index in [-0.39, 0.29) is 5.91 Å². The van der Waals surface area contributed by atoms with Crippen LogP contribution in [0.5, 0.6) is 0 Å². The van der Waals surface area contributed by atoms with Crippen LogP contribution in [0, 0.1) is 0 Å². The van der Waals surface area contributed by atoms with Gasteiger partial charge < -0.3 is 19.5 Å². The first kappa shape index (κ1) is 14.5. The minimum absolute atomic E-state index is 0.109. The fourth-order valence-corrected chi connectivity index (χ4v) is 2.44. The highest BCUT2D eigenvalue weighted by atomic mass is 16.5. The monoisotopic (exact) mass is 301 g/mol. The van der Waals surface area contributed by atoms with Gasteiger partial charge in [0, 0.05) is 44.1 Å². The van der Waals surface area contributed by atoms with Gasteiger partial charge in [-0.05, 0) is 12.1 Å². The number of hydrogen-bond acceptors (Lipinski definition) is 5. The summed E-state index contributed by atoms with van der Waals surface area (Å²) in [6.45, 7) is 2.24. The van der Waals surface area contributed by atoms with Gasteiger partial charge in [-0.2, -0.15) is 0 Å². The van der Waals surface area contributed by atoms with Crippen LogP contribution in [0.2, 0.25) is 0 Å². The lowest BCUT2D eigenvalue weighted by molar-refractivity contribution is -0.133. The molecule has 7 heteroatoms. The number of ether oxygens (including phenoxy) is 1. The average Bonchev–Trinajstić information content (AvgIpc) is 2.99. The van der Waals surface area contributed by atoms with E-state index < -0.39 is 6.10 Å². The minimum atomic E-state index is -0.470. The van der Waals surface area contributed by atoms with Crippen molar-refractivity contribution in [3.8, 4) is 0 Å². The van der Waals surface area contributed by atoms with Crippen molar-refractivity contribution < 1.29 is 9.53 Å². The van der Waals surface area contributed by atoms with Gasteiger partial charge in [-0.3, -0.25) is 9.78 Å². The number of rotatable bonds is 4. The molecule has 1 N–H and O–H groups in total. The third-order valence-electron chi connectivity index (χ3n) is 3.73. The summed E-state index contributed by atoms with van der Waals surface area (Å²) in [4.78, 5) is 22.6. The van der Waals surface area contributed by atoms with Crippen molar-refractivity contribution in [3.63, 3.8) is 0 Å². The zero-order chi connectivity index (χ0) is 15.4. The van der Waals surface area contributed by atoms with Crippen LogP contribution in [0.1, 0.15) is 5.82 Å². The molecule has 0 aromatic carbocycles. The molecule has 2 aromatic heterocycles. The lowest BCUT2D eigenvalue weighted by Gasteiger charge is -2.33. The van der Waals surface area contributed by atoms with Gasteiger partial charge >= 0.3 is 0 Å². The zero-order valence-electron chi connectivity index (χ0n) is 12.5. The highest BCUT2D eigenvalue weighted by molar-refractivity contribution is 5.81. The number of aryl methyl sites for hydroxylation is 1. The second-order valence-corrected chi connectivity index (χ2v) is 5.18. The standard InChI is InChI=1S/C15H19N5O2/c1-19-7-6-17-14(19)10-18-15(21)13-11-20(8-9-22-13)12-2-4-16-5-3-12/h2-7,13H,8-11H2,1H3,(H,18,21)/t13-/m0/s1. The van der Waals surface area contributed by atoms with E-state index in [4.69, 9.17) is 4.74 Å². The fourth-order valence-electron chi connectivity index (χ4n) is 2.44. The van der Waals surface area contributed by atoms with E-state index in [1.54, 1.807) is 18.6 Å². The van der Waals surface area contributed by atoms with Crippen LogP contribution < -0.4 is 10.2 Å². The van der Waals surface area contributed by atoms with Gasteiger partial charge in [0.25, 0.3) is 5.91 Å². The van der Waals surface area contributed by atoms with Gasteiger partial charge in [0.2, 0.25) is 0 Å². The van der Waals surface area contributed by atoms with E-state index in [1.165, 1.54) is 0 Å². The SMILES string of the molecule is Cn1ccnc1CNC(=O)[C@@H]1CN(c2ccncc2)CCO1. The van der Waals surface area contributed by atoms with Crippen LogP contribution in [-0.2, 0) is 23.1 Å². The summed E-state index contributed by atoms with van der Waals surface area (Å²) >= 11 is 0. The maximum Gasteiger partial charge on any atom is 0.251 e. The van der Waals surface area contributed by atoms with Crippen molar-refractivity contribution in [2.45, 2.75) is 12.6 Å². The van der Waals surface area contributed by atoms with Crippen molar-refractivity contribution in [1.82, 2.24) is 19.9 Å². The summed E-state index contributed by atoms with van der Waals surface area (Å²) in [7, 11) is 1.90. The predicted molar refractivity (Wildman–Crippen MR) is 81.2 cm³/mol. The number of nitrogens with zero attached hydrogens (tertiary/aromatic N) is 4. The second kappa shape index (κ2) is 6.57. The van der Waals surface area contributed by atoms with E-state index in [0.29, 0.717) is 19.7 Å². The van der Waals surface area contributed by atoms with Crippen molar-refractivity contribution in [2.24, 2.45) is 7.05 Å². The van der Waals surface area contributed by atoms with Crippen LogP contribution in [0.3, 0.4) is 0 Å². The number of amides is 1. The zero-order valence-corrected chi connectivity index (χ0v) is 12.5. The molecule has 1 aliphatic rings. The Bertz CT molecular complexity index is 628. The van der Waals surface area contributed by atoms with E-state index in [9.17, 15) is 4.79 Å². The molecule has 3 rings (SSSR count). The van der Waals surface area contributed by atoms with E-state index in [1.807, 2.05) is 29.9 Å². The molecule has 1 saturated heterocycles. The molecule has 0 spiro atoms. The summed E-state index contributed by atoms with van der Waals surface area (Å²) in [6.07, 6.45) is 6.59. The van der Waals surface area contributed by atoms with Gasteiger partial charge in [0.1, 0.15) is 5.82 Å². The summed E-state index contributed by atoms with van der Waals surface area (Å²) < 4.78 is 7.48. The van der Waals surface area contributed by atoms with Crippen molar-refractivity contribution >= 4 is 11.6 Å². The Balaban J connectivity index is 1.57. The number of anilines is 1. The molecule has 2 aromatic rings. The smallest absolute Gasteiger partial charge is 0.251 e. The van der Waals surface area contributed by atoms with E-state index in [0.717, 1.165) is 18.1 Å². The maximum absolute atomic E-state index is 12.3. The Labute approximate surface area is 128 Å². The number of hydrogen-bond donors (Lipinski definition) is 1. The van der Waals surface area contributed by atoms with Crippen LogP contribution in [-0.4, -0.2) is 46.2 Å². The second-order valence-electron chi connectivity index (χ2n) is 5.18. The Kier molecular flexibility index (Phi) is 4.34. The van der Waals surface area contributed by atoms with Crippen LogP contribution >= 0.6 is 0 Å². The lowest BCUT2D eigenvalue weighted by Crippen LogP contribution is -2.49. The minimum Gasteiger partial charge on any atom is -0.366 e. The molecule has 1 fully saturated rings. The average molecular weight is 301 g/mol. The molecular weight excluding hydrogens is 282 g/mol. The molecule has 0 radical (unpaired) electrons. The summed E-state index contributed by atoms with van der Waals surface area (Å²) in [5.41, 5.74) is 1.06. The molecule has 22 heavy (non-hydrogen) atoms. The number of aromatic nitrogens is 3. The fraction of sp³-hybridized carbons (Fsp3) is 0.400. The maximum atomic E-state index is 12.3. The van der Waals surface area contributed by atoms with Gasteiger partial charge in [-0.15, -0.1) is 0 Å². The topological polar surface area (TPSA) is 72.3 Å². The molecule has 3 heterocycles.